The van der Waals surface area contributed by atoms with Crippen LogP contribution >= 0.6 is 0 Å². The molecule has 1 N–H and O–H groups in total. The third-order valence-electron chi connectivity index (χ3n) is 4.88. The maximum atomic E-state index is 12.2. The van der Waals surface area contributed by atoms with Gasteiger partial charge in [-0.1, -0.05) is 31.4 Å². The number of aryl methyl sites for hydroxylation is 1. The van der Waals surface area contributed by atoms with Gasteiger partial charge in [0.05, 0.1) is 5.92 Å². The highest BCUT2D eigenvalue weighted by Crippen LogP contribution is 2.49. The van der Waals surface area contributed by atoms with E-state index < -0.39 is 0 Å². The second-order valence-corrected chi connectivity index (χ2v) is 6.61. The zero-order valence-corrected chi connectivity index (χ0v) is 13.4. The van der Waals surface area contributed by atoms with Crippen molar-refractivity contribution in [3.05, 3.63) is 34.9 Å². The lowest BCUT2D eigenvalue weighted by Crippen LogP contribution is -2.33. The molecule has 0 bridgehead atoms. The molecule has 1 aromatic rings. The zero-order chi connectivity index (χ0) is 15.7. The summed E-state index contributed by atoms with van der Waals surface area (Å²) in [7, 11) is 0. The van der Waals surface area contributed by atoms with Crippen molar-refractivity contribution < 1.29 is 14.6 Å². The van der Waals surface area contributed by atoms with Gasteiger partial charge in [0, 0.05) is 11.5 Å². The number of benzene rings is 1. The van der Waals surface area contributed by atoms with Crippen LogP contribution in [0.2, 0.25) is 0 Å². The first-order chi connectivity index (χ1) is 10.6. The quantitative estimate of drug-likeness (QED) is 0.386. The van der Waals surface area contributed by atoms with Gasteiger partial charge in [0.25, 0.3) is 0 Å². The molecule has 0 aromatic heterocycles. The number of phenols is 1. The highest BCUT2D eigenvalue weighted by atomic mass is 16.5. The number of allylic oxidation sites excluding steroid dienone is 2. The second-order valence-electron chi connectivity index (χ2n) is 6.61. The maximum Gasteiger partial charge on any atom is 0.315 e. The molecular formula is C19H24O3. The number of ether oxygens (including phenoxy) is 1. The largest absolute Gasteiger partial charge is 0.508 e. The van der Waals surface area contributed by atoms with Crippen LogP contribution in [0, 0.1) is 5.92 Å². The van der Waals surface area contributed by atoms with Crippen molar-refractivity contribution in [2.75, 3.05) is 0 Å². The lowest BCUT2D eigenvalue weighted by atomic mass is 9.74. The van der Waals surface area contributed by atoms with Crippen LogP contribution in [0.15, 0.2) is 23.8 Å². The molecule has 2 aliphatic rings. The van der Waals surface area contributed by atoms with E-state index in [1.165, 1.54) is 18.4 Å². The van der Waals surface area contributed by atoms with Gasteiger partial charge in [-0.3, -0.25) is 4.79 Å². The van der Waals surface area contributed by atoms with E-state index >= 15 is 0 Å². The Bertz CT molecular complexity index is 615. The molecule has 22 heavy (non-hydrogen) atoms. The van der Waals surface area contributed by atoms with E-state index in [0.29, 0.717) is 17.9 Å². The minimum atomic E-state index is -0.147. The fourth-order valence-corrected chi connectivity index (χ4v) is 3.66. The molecule has 0 saturated carbocycles. The summed E-state index contributed by atoms with van der Waals surface area (Å²) in [4.78, 5) is 12.2. The van der Waals surface area contributed by atoms with Crippen molar-refractivity contribution in [2.45, 2.75) is 58.3 Å². The summed E-state index contributed by atoms with van der Waals surface area (Å²) in [5.41, 5.74) is 3.17. The number of esters is 1. The van der Waals surface area contributed by atoms with E-state index in [1.54, 1.807) is 0 Å². The van der Waals surface area contributed by atoms with Crippen LogP contribution in [-0.4, -0.2) is 11.1 Å². The molecule has 0 radical (unpaired) electrons. The van der Waals surface area contributed by atoms with Crippen LogP contribution < -0.4 is 4.74 Å². The number of aromatic hydroxyl groups is 1. The van der Waals surface area contributed by atoms with Crippen LogP contribution in [0.5, 0.6) is 11.5 Å². The average Bonchev–Trinajstić information content (AvgIpc) is 2.46. The molecule has 0 spiro atoms. The molecule has 118 valence electrons. The predicted octanol–water partition coefficient (Wildman–Crippen LogP) is 4.48. The Morgan fingerprint density at radius 3 is 2.86 bits per heavy atom. The third kappa shape index (κ3) is 2.77. The molecule has 2 atom stereocenters. The van der Waals surface area contributed by atoms with Crippen molar-refractivity contribution in [2.24, 2.45) is 5.92 Å². The lowest BCUT2D eigenvalue weighted by molar-refractivity contribution is -0.141. The third-order valence-corrected chi connectivity index (χ3v) is 4.88. The number of hydrogen-bond acceptors (Lipinski definition) is 3. The normalized spacial score (nSPS) is 23.4. The Kier molecular flexibility index (Phi) is 4.23. The summed E-state index contributed by atoms with van der Waals surface area (Å²) < 4.78 is 5.54. The summed E-state index contributed by atoms with van der Waals surface area (Å²) in [6.07, 6.45) is 8.01. The van der Waals surface area contributed by atoms with E-state index in [4.69, 9.17) is 4.74 Å². The van der Waals surface area contributed by atoms with Gasteiger partial charge in [-0.15, -0.1) is 0 Å². The van der Waals surface area contributed by atoms with Gasteiger partial charge in [0.1, 0.15) is 11.5 Å². The van der Waals surface area contributed by atoms with Gasteiger partial charge in [-0.25, -0.2) is 0 Å². The Morgan fingerprint density at radius 2 is 2.09 bits per heavy atom. The van der Waals surface area contributed by atoms with Crippen LogP contribution in [0.3, 0.4) is 0 Å². The SMILES string of the molecule is CCCCCc1cc(O)c2c(c1)OC(=O)[C@H]1CC=C(C)C[C@@H]21. The fourth-order valence-electron chi connectivity index (χ4n) is 3.66. The molecule has 3 heteroatoms. The van der Waals surface area contributed by atoms with Gasteiger partial charge in [0.15, 0.2) is 0 Å². The second kappa shape index (κ2) is 6.15. The van der Waals surface area contributed by atoms with Gasteiger partial charge in [-0.05, 0) is 50.3 Å². The molecule has 1 aliphatic carbocycles. The van der Waals surface area contributed by atoms with Crippen molar-refractivity contribution in [1.29, 1.82) is 0 Å². The van der Waals surface area contributed by atoms with Gasteiger partial charge in [-0.2, -0.15) is 0 Å². The fraction of sp³-hybridized carbons (Fsp3) is 0.526. The van der Waals surface area contributed by atoms with Crippen LogP contribution in [0.25, 0.3) is 0 Å². The Hall–Kier alpha value is -1.77. The molecular weight excluding hydrogens is 276 g/mol. The molecule has 3 nitrogen and oxygen atoms in total. The predicted molar refractivity (Wildman–Crippen MR) is 86.2 cm³/mol. The smallest absolute Gasteiger partial charge is 0.315 e. The zero-order valence-electron chi connectivity index (χ0n) is 13.4. The highest BCUT2D eigenvalue weighted by Gasteiger charge is 2.40. The molecule has 0 amide bonds. The lowest BCUT2D eigenvalue weighted by Gasteiger charge is -2.35. The molecule has 1 aliphatic heterocycles. The average molecular weight is 300 g/mol. The van der Waals surface area contributed by atoms with Gasteiger partial charge >= 0.3 is 5.97 Å². The Balaban J connectivity index is 1.93. The molecule has 0 unspecified atom stereocenters. The topological polar surface area (TPSA) is 46.5 Å². The van der Waals surface area contributed by atoms with Crippen molar-refractivity contribution >= 4 is 5.97 Å². The monoisotopic (exact) mass is 300 g/mol. The number of carbonyl (C=O) groups is 1. The molecule has 0 saturated heterocycles. The van der Waals surface area contributed by atoms with Crippen LogP contribution in [0.1, 0.15) is 63.0 Å². The Labute approximate surface area is 132 Å². The highest BCUT2D eigenvalue weighted by molar-refractivity contribution is 5.81. The summed E-state index contributed by atoms with van der Waals surface area (Å²) in [5.74, 6) is 0.638. The van der Waals surface area contributed by atoms with Crippen molar-refractivity contribution in [3.8, 4) is 11.5 Å². The number of fused-ring (bicyclic) bond motifs is 3. The number of phenolic OH excluding ortho intramolecular Hbond substituents is 1. The van der Waals surface area contributed by atoms with Crippen LogP contribution in [0.4, 0.5) is 0 Å². The van der Waals surface area contributed by atoms with Gasteiger partial charge in [0.2, 0.25) is 0 Å². The van der Waals surface area contributed by atoms with Gasteiger partial charge < -0.3 is 9.84 Å². The summed E-state index contributed by atoms with van der Waals surface area (Å²) in [6.45, 7) is 4.26. The molecule has 3 rings (SSSR count). The van der Waals surface area contributed by atoms with E-state index in [-0.39, 0.29) is 17.8 Å². The Morgan fingerprint density at radius 1 is 1.27 bits per heavy atom. The van der Waals surface area contributed by atoms with Crippen LogP contribution in [-0.2, 0) is 11.2 Å². The first-order valence-electron chi connectivity index (χ1n) is 8.33. The molecule has 1 aromatic carbocycles. The number of hydrogen-bond donors (Lipinski definition) is 1. The van der Waals surface area contributed by atoms with Crippen molar-refractivity contribution in [1.82, 2.24) is 0 Å². The van der Waals surface area contributed by atoms with E-state index in [0.717, 1.165) is 30.4 Å². The molecule has 1 heterocycles. The minimum absolute atomic E-state index is 0.0611. The van der Waals surface area contributed by atoms with E-state index in [9.17, 15) is 9.90 Å². The first kappa shape index (κ1) is 15.1. The van der Waals surface area contributed by atoms with Crippen molar-refractivity contribution in [3.63, 3.8) is 0 Å². The maximum absolute atomic E-state index is 12.2. The number of carbonyl (C=O) groups excluding carboxylic acids is 1. The number of rotatable bonds is 4. The summed E-state index contributed by atoms with van der Waals surface area (Å²) >= 11 is 0. The first-order valence-corrected chi connectivity index (χ1v) is 8.33. The van der Waals surface area contributed by atoms with E-state index in [2.05, 4.69) is 19.9 Å². The summed E-state index contributed by atoms with van der Waals surface area (Å²) in [5, 5.41) is 10.5. The minimum Gasteiger partial charge on any atom is -0.508 e. The molecule has 0 fully saturated rings. The summed E-state index contributed by atoms with van der Waals surface area (Å²) in [6, 6.07) is 3.81. The standard InChI is InChI=1S/C19H24O3/c1-3-4-5-6-13-10-16(20)18-15-9-12(2)7-8-14(15)19(21)22-17(18)11-13/h7,10-11,14-15,20H,3-6,8-9H2,1-2H3/t14-,15+/m0/s1. The number of unbranched alkanes of at least 4 members (excludes halogenated alkanes) is 2. The van der Waals surface area contributed by atoms with E-state index in [1.807, 2.05) is 12.1 Å².